The Morgan fingerprint density at radius 3 is 2.64 bits per heavy atom. The standard InChI is InChI=1S/C30H32BrFN4O3/c31-25-26(30(27(25)37)12-2-1-3-13-30)34-23(29(38)39)15-18-6-9-21(10-7-18)36-24-11-8-20(32)16-22(24)35-28(36)19-5-4-14-33-17-19/h6-11,16,19,23,33-34H,1-5,12-15,17H2,(H,38,39)/t19?,23-/m0/s1. The average Bonchev–Trinajstić information content (AvgIpc) is 3.34. The second kappa shape index (κ2) is 10.5. The van der Waals surface area contributed by atoms with Gasteiger partial charge in [-0.15, -0.1) is 0 Å². The summed E-state index contributed by atoms with van der Waals surface area (Å²) in [5.74, 6) is -0.0437. The van der Waals surface area contributed by atoms with Gasteiger partial charge in [0.25, 0.3) is 0 Å². The molecule has 3 aromatic rings. The lowest BCUT2D eigenvalue weighted by atomic mass is 9.62. The number of piperidine rings is 1. The number of benzene rings is 2. The minimum absolute atomic E-state index is 0.0922. The van der Waals surface area contributed by atoms with Crippen LogP contribution in [0.25, 0.3) is 16.7 Å². The molecule has 1 saturated carbocycles. The molecule has 39 heavy (non-hydrogen) atoms. The summed E-state index contributed by atoms with van der Waals surface area (Å²) in [7, 11) is 0. The number of aliphatic carboxylic acids is 1. The van der Waals surface area contributed by atoms with Crippen molar-refractivity contribution >= 4 is 38.7 Å². The number of nitrogens with zero attached hydrogens (tertiary/aromatic N) is 2. The lowest BCUT2D eigenvalue weighted by Crippen LogP contribution is -2.53. The second-order valence-corrected chi connectivity index (χ2v) is 11.8. The molecule has 204 valence electrons. The first-order valence-corrected chi connectivity index (χ1v) is 14.6. The van der Waals surface area contributed by atoms with E-state index in [0.29, 0.717) is 10.00 Å². The topological polar surface area (TPSA) is 96.2 Å². The Morgan fingerprint density at radius 2 is 1.95 bits per heavy atom. The van der Waals surface area contributed by atoms with Gasteiger partial charge in [-0.05, 0) is 78.0 Å². The monoisotopic (exact) mass is 594 g/mol. The summed E-state index contributed by atoms with van der Waals surface area (Å²) < 4.78 is 16.6. The maximum Gasteiger partial charge on any atom is 0.326 e. The van der Waals surface area contributed by atoms with Crippen molar-refractivity contribution in [3.63, 3.8) is 0 Å². The van der Waals surface area contributed by atoms with E-state index in [1.165, 1.54) is 12.1 Å². The number of carbonyl (C=O) groups is 2. The van der Waals surface area contributed by atoms with Crippen molar-refractivity contribution in [2.75, 3.05) is 13.1 Å². The van der Waals surface area contributed by atoms with Crippen LogP contribution in [-0.2, 0) is 16.0 Å². The van der Waals surface area contributed by atoms with E-state index in [4.69, 9.17) is 4.98 Å². The lowest BCUT2D eigenvalue weighted by Gasteiger charge is -2.46. The first-order valence-electron chi connectivity index (χ1n) is 13.8. The minimum Gasteiger partial charge on any atom is -0.480 e. The van der Waals surface area contributed by atoms with Crippen LogP contribution in [0.2, 0.25) is 0 Å². The normalized spacial score (nSPS) is 21.7. The number of halogens is 2. The molecule has 9 heteroatoms. The van der Waals surface area contributed by atoms with E-state index in [9.17, 15) is 19.1 Å². The Hall–Kier alpha value is -3.04. The Morgan fingerprint density at radius 1 is 1.18 bits per heavy atom. The van der Waals surface area contributed by atoms with Crippen molar-refractivity contribution in [3.05, 3.63) is 69.8 Å². The molecule has 2 heterocycles. The van der Waals surface area contributed by atoms with Crippen LogP contribution in [0.5, 0.6) is 0 Å². The number of rotatable bonds is 7. The van der Waals surface area contributed by atoms with Gasteiger partial charge in [-0.2, -0.15) is 0 Å². The third kappa shape index (κ3) is 4.69. The Balaban J connectivity index is 1.27. The Bertz CT molecular complexity index is 1450. The predicted octanol–water partition coefficient (Wildman–Crippen LogP) is 5.36. The first kappa shape index (κ1) is 26.2. The van der Waals surface area contributed by atoms with Crippen LogP contribution in [0.4, 0.5) is 4.39 Å². The number of hydrogen-bond acceptors (Lipinski definition) is 5. The highest BCUT2D eigenvalue weighted by molar-refractivity contribution is 9.12. The molecular weight excluding hydrogens is 563 g/mol. The summed E-state index contributed by atoms with van der Waals surface area (Å²) in [6.45, 7) is 1.81. The van der Waals surface area contributed by atoms with E-state index in [1.54, 1.807) is 6.07 Å². The van der Waals surface area contributed by atoms with Crippen molar-refractivity contribution in [1.82, 2.24) is 20.2 Å². The van der Waals surface area contributed by atoms with Crippen LogP contribution in [0.1, 0.15) is 62.3 Å². The van der Waals surface area contributed by atoms with Crippen LogP contribution < -0.4 is 10.6 Å². The van der Waals surface area contributed by atoms with Gasteiger partial charge in [0.05, 0.1) is 20.9 Å². The molecule has 2 fully saturated rings. The summed E-state index contributed by atoms with van der Waals surface area (Å²) in [5.41, 5.74) is 3.44. The molecule has 3 N–H and O–H groups in total. The van der Waals surface area contributed by atoms with Crippen molar-refractivity contribution in [3.8, 4) is 5.69 Å². The van der Waals surface area contributed by atoms with Gasteiger partial charge in [0, 0.05) is 36.3 Å². The fourth-order valence-corrected chi connectivity index (χ4v) is 7.37. The highest BCUT2D eigenvalue weighted by Gasteiger charge is 2.53. The number of nitrogens with one attached hydrogen (secondary N) is 2. The Labute approximate surface area is 235 Å². The van der Waals surface area contributed by atoms with E-state index in [0.717, 1.165) is 86.3 Å². The summed E-state index contributed by atoms with van der Waals surface area (Å²) in [5, 5.41) is 16.7. The molecule has 1 unspecified atom stereocenters. The molecule has 1 aromatic heterocycles. The van der Waals surface area contributed by atoms with Crippen LogP contribution >= 0.6 is 15.9 Å². The van der Waals surface area contributed by atoms with Gasteiger partial charge in [-0.3, -0.25) is 9.36 Å². The maximum atomic E-state index is 14.0. The van der Waals surface area contributed by atoms with Gasteiger partial charge in [0.15, 0.2) is 5.78 Å². The average molecular weight is 596 g/mol. The predicted molar refractivity (Wildman–Crippen MR) is 151 cm³/mol. The number of imidazole rings is 1. The zero-order valence-electron chi connectivity index (χ0n) is 21.7. The number of aromatic nitrogens is 2. The van der Waals surface area contributed by atoms with E-state index in [1.807, 2.05) is 24.3 Å². The molecule has 2 aromatic carbocycles. The quantitative estimate of drug-likeness (QED) is 0.341. The minimum atomic E-state index is -0.952. The number of ketones is 1. The molecule has 6 rings (SSSR count). The number of carboxylic acid groups (broad SMARTS) is 1. The van der Waals surface area contributed by atoms with Crippen LogP contribution in [-0.4, -0.2) is 45.5 Å². The number of carbonyl (C=O) groups excluding carboxylic acids is 1. The van der Waals surface area contributed by atoms with Gasteiger partial charge >= 0.3 is 5.97 Å². The summed E-state index contributed by atoms with van der Waals surface area (Å²) in [6, 6.07) is 11.7. The fraction of sp³-hybridized carbons (Fsp3) is 0.433. The van der Waals surface area contributed by atoms with Crippen LogP contribution in [0, 0.1) is 11.2 Å². The summed E-state index contributed by atoms with van der Waals surface area (Å²) in [4.78, 5) is 29.8. The molecule has 2 atom stereocenters. The van der Waals surface area contributed by atoms with Gasteiger partial charge in [-0.1, -0.05) is 31.4 Å². The Kier molecular flexibility index (Phi) is 7.05. The summed E-state index contributed by atoms with van der Waals surface area (Å²) >= 11 is 3.40. The molecule has 1 spiro atoms. The fourth-order valence-electron chi connectivity index (χ4n) is 6.50. The third-order valence-corrected chi connectivity index (χ3v) is 9.35. The number of fused-ring (bicyclic) bond motifs is 1. The van der Waals surface area contributed by atoms with Crippen molar-refractivity contribution in [2.45, 2.75) is 63.3 Å². The molecule has 0 bridgehead atoms. The summed E-state index contributed by atoms with van der Waals surface area (Å²) in [6.07, 6.45) is 6.95. The van der Waals surface area contributed by atoms with E-state index < -0.39 is 17.4 Å². The number of carboxylic acids is 1. The molecule has 2 aliphatic carbocycles. The highest BCUT2D eigenvalue weighted by Crippen LogP contribution is 2.53. The molecule has 0 amide bonds. The van der Waals surface area contributed by atoms with Crippen molar-refractivity contribution < 1.29 is 19.1 Å². The van der Waals surface area contributed by atoms with Gasteiger partial charge in [-0.25, -0.2) is 14.2 Å². The van der Waals surface area contributed by atoms with Crippen LogP contribution in [0.3, 0.4) is 0 Å². The van der Waals surface area contributed by atoms with Gasteiger partial charge < -0.3 is 15.7 Å². The van der Waals surface area contributed by atoms with Gasteiger partial charge in [0.2, 0.25) is 0 Å². The SMILES string of the molecule is O=C(O)[C@H](Cc1ccc(-n2c(C3CCCNC3)nc3cc(F)ccc32)cc1)NC1=C(Br)C(=O)C12CCCCC2. The molecular formula is C30H32BrFN4O3. The molecule has 3 aliphatic rings. The molecule has 1 saturated heterocycles. The van der Waals surface area contributed by atoms with Crippen molar-refractivity contribution in [1.29, 1.82) is 0 Å². The number of hydrogen-bond donors (Lipinski definition) is 3. The van der Waals surface area contributed by atoms with E-state index in [2.05, 4.69) is 31.1 Å². The molecule has 7 nitrogen and oxygen atoms in total. The molecule has 0 radical (unpaired) electrons. The van der Waals surface area contributed by atoms with Gasteiger partial charge in [0.1, 0.15) is 17.7 Å². The number of Topliss-reactive ketones (excluding diaryl/α,β-unsaturated/α-hetero) is 1. The second-order valence-electron chi connectivity index (χ2n) is 11.0. The number of allylic oxidation sites excluding steroid dienone is 2. The lowest BCUT2D eigenvalue weighted by molar-refractivity contribution is -0.140. The maximum absolute atomic E-state index is 14.0. The van der Waals surface area contributed by atoms with E-state index in [-0.39, 0.29) is 23.9 Å². The zero-order chi connectivity index (χ0) is 27.1. The first-order chi connectivity index (χ1) is 18.9. The highest BCUT2D eigenvalue weighted by atomic mass is 79.9. The zero-order valence-corrected chi connectivity index (χ0v) is 23.3. The van der Waals surface area contributed by atoms with E-state index >= 15 is 0 Å². The largest absolute Gasteiger partial charge is 0.480 e. The molecule has 1 aliphatic heterocycles. The smallest absolute Gasteiger partial charge is 0.326 e. The van der Waals surface area contributed by atoms with Crippen molar-refractivity contribution in [2.24, 2.45) is 5.41 Å². The third-order valence-electron chi connectivity index (χ3n) is 8.59. The van der Waals surface area contributed by atoms with Crippen LogP contribution in [0.15, 0.2) is 52.6 Å².